The van der Waals surface area contributed by atoms with Gasteiger partial charge in [-0.2, -0.15) is 0 Å². The molecule has 1 aromatic heterocycles. The maximum absolute atomic E-state index is 12.4. The number of aryl methyl sites for hydroxylation is 2. The maximum Gasteiger partial charge on any atom is 0.305 e. The summed E-state index contributed by atoms with van der Waals surface area (Å²) in [5, 5.41) is 11.5. The molecule has 192 valence electrons. The second-order valence-corrected chi connectivity index (χ2v) is 11.2. The lowest BCUT2D eigenvalue weighted by atomic mass is 9.93. The second kappa shape index (κ2) is 12.2. The Morgan fingerprint density at radius 1 is 0.972 bits per heavy atom. The van der Waals surface area contributed by atoms with Gasteiger partial charge in [-0.15, -0.1) is 11.3 Å². The van der Waals surface area contributed by atoms with Crippen molar-refractivity contribution < 1.29 is 19.4 Å². The molecule has 1 heterocycles. The van der Waals surface area contributed by atoms with E-state index >= 15 is 0 Å². The number of carbonyl (C=O) groups excluding carboxylic acids is 1. The van der Waals surface area contributed by atoms with Gasteiger partial charge in [0.05, 0.1) is 11.3 Å². The van der Waals surface area contributed by atoms with E-state index in [9.17, 15) is 9.59 Å². The van der Waals surface area contributed by atoms with Crippen molar-refractivity contribution in [1.82, 2.24) is 5.32 Å². The van der Waals surface area contributed by atoms with Crippen LogP contribution in [-0.2, 0) is 4.79 Å². The van der Waals surface area contributed by atoms with Crippen molar-refractivity contribution in [1.29, 1.82) is 0 Å². The number of amides is 1. The van der Waals surface area contributed by atoms with Gasteiger partial charge in [0.2, 0.25) is 0 Å². The molecule has 2 N–H and O–H groups in total. The summed E-state index contributed by atoms with van der Waals surface area (Å²) >= 11 is 1.40. The third kappa shape index (κ3) is 7.20. The van der Waals surface area contributed by atoms with Crippen LogP contribution in [0.3, 0.4) is 0 Å². The molecule has 0 fully saturated rings. The van der Waals surface area contributed by atoms with Gasteiger partial charge in [0, 0.05) is 11.4 Å². The third-order valence-electron chi connectivity index (χ3n) is 6.13. The van der Waals surface area contributed by atoms with Crippen LogP contribution in [0, 0.1) is 19.8 Å². The zero-order chi connectivity index (χ0) is 26.4. The Morgan fingerprint density at radius 3 is 2.17 bits per heavy atom. The normalized spacial score (nSPS) is 12.1. The highest BCUT2D eigenvalue weighted by atomic mass is 32.1. The van der Waals surface area contributed by atoms with E-state index in [2.05, 4.69) is 83.3 Å². The maximum atomic E-state index is 12.4. The lowest BCUT2D eigenvalue weighted by molar-refractivity contribution is -0.136. The number of carboxylic acids is 1. The minimum absolute atomic E-state index is 0.0976. The fraction of sp³-hybridized carbons (Fsp3) is 0.400. The topological polar surface area (TPSA) is 75.6 Å². The first-order valence-electron chi connectivity index (χ1n) is 12.5. The number of ether oxygens (including phenoxy) is 1. The van der Waals surface area contributed by atoms with Crippen LogP contribution in [0.2, 0.25) is 0 Å². The van der Waals surface area contributed by atoms with Crippen LogP contribution in [0.4, 0.5) is 0 Å². The summed E-state index contributed by atoms with van der Waals surface area (Å²) in [6.45, 7) is 13.1. The molecule has 0 saturated heterocycles. The summed E-state index contributed by atoms with van der Waals surface area (Å²) < 4.78 is 6.52. The Hall–Kier alpha value is -3.12. The minimum atomic E-state index is -0.934. The standard InChI is InChI=1S/C30H37NO4S/c1-18(2)15-25(26-11-12-27(36-26)30(34)31-14-13-28(32)33)35-24-16-20(5)29(21(6)17-24)23-9-7-22(8-10-23)19(3)4/h7-12,16-19,25H,13-15H2,1-6H3,(H,31,34)(H,32,33). The van der Waals surface area contributed by atoms with Gasteiger partial charge < -0.3 is 15.2 Å². The molecule has 1 amide bonds. The van der Waals surface area contributed by atoms with Crippen molar-refractivity contribution >= 4 is 23.2 Å². The van der Waals surface area contributed by atoms with Crippen LogP contribution in [0.1, 0.15) is 83.8 Å². The zero-order valence-electron chi connectivity index (χ0n) is 22.1. The summed E-state index contributed by atoms with van der Waals surface area (Å²) in [5.41, 5.74) is 6.09. The molecule has 0 bridgehead atoms. The molecule has 3 rings (SSSR count). The first-order chi connectivity index (χ1) is 17.0. The molecule has 36 heavy (non-hydrogen) atoms. The first-order valence-corrected chi connectivity index (χ1v) is 13.3. The van der Waals surface area contributed by atoms with E-state index in [0.29, 0.717) is 16.7 Å². The highest BCUT2D eigenvalue weighted by Crippen LogP contribution is 2.36. The molecule has 1 atom stereocenters. The van der Waals surface area contributed by atoms with Crippen molar-refractivity contribution in [2.24, 2.45) is 5.92 Å². The Morgan fingerprint density at radius 2 is 1.61 bits per heavy atom. The Balaban J connectivity index is 1.81. The van der Waals surface area contributed by atoms with Crippen LogP contribution >= 0.6 is 11.3 Å². The van der Waals surface area contributed by atoms with E-state index in [-0.39, 0.29) is 25.0 Å². The van der Waals surface area contributed by atoms with Gasteiger partial charge >= 0.3 is 5.97 Å². The number of rotatable bonds is 11. The average Bonchev–Trinajstić information content (AvgIpc) is 3.28. The third-order valence-corrected chi connectivity index (χ3v) is 7.30. The molecule has 0 spiro atoms. The minimum Gasteiger partial charge on any atom is -0.485 e. The quantitative estimate of drug-likeness (QED) is 0.281. The van der Waals surface area contributed by atoms with E-state index in [4.69, 9.17) is 9.84 Å². The monoisotopic (exact) mass is 507 g/mol. The summed E-state index contributed by atoms with van der Waals surface area (Å²) in [6.07, 6.45) is 0.544. The molecular formula is C30H37NO4S. The number of aliphatic carboxylic acids is 1. The molecule has 6 heteroatoms. The zero-order valence-corrected chi connectivity index (χ0v) is 22.9. The molecule has 0 saturated carbocycles. The van der Waals surface area contributed by atoms with Crippen LogP contribution < -0.4 is 10.1 Å². The Kier molecular flexibility index (Phi) is 9.32. The molecule has 5 nitrogen and oxygen atoms in total. The van der Waals surface area contributed by atoms with Gasteiger partial charge in [-0.25, -0.2) is 0 Å². The molecule has 2 aromatic carbocycles. The number of hydrogen-bond acceptors (Lipinski definition) is 4. The van der Waals surface area contributed by atoms with Crippen LogP contribution in [0.5, 0.6) is 5.75 Å². The summed E-state index contributed by atoms with van der Waals surface area (Å²) in [4.78, 5) is 24.7. The molecule has 3 aromatic rings. The fourth-order valence-corrected chi connectivity index (χ4v) is 5.28. The fourth-order valence-electron chi connectivity index (χ4n) is 4.31. The van der Waals surface area contributed by atoms with Crippen molar-refractivity contribution in [3.63, 3.8) is 0 Å². The summed E-state index contributed by atoms with van der Waals surface area (Å²) in [7, 11) is 0. The van der Waals surface area contributed by atoms with E-state index in [1.54, 1.807) is 6.07 Å². The smallest absolute Gasteiger partial charge is 0.305 e. The average molecular weight is 508 g/mol. The van der Waals surface area contributed by atoms with Crippen LogP contribution in [-0.4, -0.2) is 23.5 Å². The number of nitrogens with one attached hydrogen (secondary N) is 1. The first kappa shape index (κ1) is 27.5. The molecule has 0 radical (unpaired) electrons. The van der Waals surface area contributed by atoms with E-state index in [1.165, 1.54) is 28.0 Å². The Bertz CT molecular complexity index is 1170. The van der Waals surface area contributed by atoms with Gasteiger partial charge in [0.1, 0.15) is 11.9 Å². The van der Waals surface area contributed by atoms with E-state index in [0.717, 1.165) is 28.2 Å². The number of carbonyl (C=O) groups is 2. The summed E-state index contributed by atoms with van der Waals surface area (Å²) in [6, 6.07) is 16.7. The lowest BCUT2D eigenvalue weighted by Crippen LogP contribution is -2.25. The molecule has 0 aliphatic rings. The van der Waals surface area contributed by atoms with Crippen molar-refractivity contribution in [3.8, 4) is 16.9 Å². The van der Waals surface area contributed by atoms with Crippen LogP contribution in [0.25, 0.3) is 11.1 Å². The van der Waals surface area contributed by atoms with Gasteiger partial charge in [0.15, 0.2) is 0 Å². The lowest BCUT2D eigenvalue weighted by Gasteiger charge is -2.22. The number of hydrogen-bond donors (Lipinski definition) is 2. The number of thiophene rings is 1. The summed E-state index contributed by atoms with van der Waals surface area (Å²) in [5.74, 6) is 0.542. The van der Waals surface area contributed by atoms with Gasteiger partial charge in [-0.3, -0.25) is 9.59 Å². The Labute approximate surface area is 218 Å². The van der Waals surface area contributed by atoms with Crippen molar-refractivity contribution in [3.05, 3.63) is 75.0 Å². The largest absolute Gasteiger partial charge is 0.485 e. The van der Waals surface area contributed by atoms with Gasteiger partial charge in [0.25, 0.3) is 5.91 Å². The van der Waals surface area contributed by atoms with Gasteiger partial charge in [-0.05, 0) is 84.2 Å². The highest BCUT2D eigenvalue weighted by molar-refractivity contribution is 7.14. The number of carboxylic acid groups (broad SMARTS) is 1. The number of benzene rings is 2. The molecule has 1 unspecified atom stereocenters. The second-order valence-electron chi connectivity index (χ2n) is 10.0. The predicted molar refractivity (Wildman–Crippen MR) is 147 cm³/mol. The van der Waals surface area contributed by atoms with Crippen molar-refractivity contribution in [2.75, 3.05) is 6.54 Å². The van der Waals surface area contributed by atoms with E-state index in [1.807, 2.05) is 6.07 Å². The molecule has 0 aliphatic heterocycles. The highest BCUT2D eigenvalue weighted by Gasteiger charge is 2.21. The van der Waals surface area contributed by atoms with Crippen LogP contribution in [0.15, 0.2) is 48.5 Å². The molecular weight excluding hydrogens is 470 g/mol. The predicted octanol–water partition coefficient (Wildman–Crippen LogP) is 7.53. The van der Waals surface area contributed by atoms with E-state index < -0.39 is 5.97 Å². The van der Waals surface area contributed by atoms with Crippen molar-refractivity contribution in [2.45, 2.75) is 66.4 Å². The SMILES string of the molecule is Cc1cc(OC(CC(C)C)c2ccc(C(=O)NCCC(=O)O)s2)cc(C)c1-c1ccc(C(C)C)cc1. The molecule has 0 aliphatic carbocycles. The van der Waals surface area contributed by atoms with Gasteiger partial charge in [-0.1, -0.05) is 52.0 Å².